The van der Waals surface area contributed by atoms with Gasteiger partial charge >= 0.3 is 17.9 Å². The van der Waals surface area contributed by atoms with Crippen LogP contribution in [0.1, 0.15) is 32.6 Å². The Bertz CT molecular complexity index is 473. The molecule has 0 aromatic carbocycles. The first kappa shape index (κ1) is 19.3. The Morgan fingerprint density at radius 3 is 2.29 bits per heavy atom. The summed E-state index contributed by atoms with van der Waals surface area (Å²) in [5.41, 5.74) is 0. The third-order valence-electron chi connectivity index (χ3n) is 2.38. The van der Waals surface area contributed by atoms with E-state index >= 15 is 0 Å². The number of sulfonamides is 1. The summed E-state index contributed by atoms with van der Waals surface area (Å²) in [6.45, 7) is 1.70. The molecule has 0 aromatic rings. The summed E-state index contributed by atoms with van der Waals surface area (Å²) in [7, 11) is -3.97. The van der Waals surface area contributed by atoms with Gasteiger partial charge in [0.1, 0.15) is 6.04 Å². The summed E-state index contributed by atoms with van der Waals surface area (Å²) >= 11 is 0. The van der Waals surface area contributed by atoms with Crippen molar-refractivity contribution in [3.8, 4) is 0 Å². The van der Waals surface area contributed by atoms with Crippen LogP contribution in [0.5, 0.6) is 0 Å². The third kappa shape index (κ3) is 9.79. The van der Waals surface area contributed by atoms with Gasteiger partial charge in [-0.05, 0) is 19.8 Å². The van der Waals surface area contributed by atoms with Crippen LogP contribution in [0.2, 0.25) is 0 Å². The van der Waals surface area contributed by atoms with E-state index in [2.05, 4.69) is 4.74 Å². The summed E-state index contributed by atoms with van der Waals surface area (Å²) in [6.07, 6.45) is -0.772. The number of carbonyl (C=O) groups excluding carboxylic acids is 1. The molecule has 0 aliphatic heterocycles. The predicted molar refractivity (Wildman–Crippen MR) is 71.1 cm³/mol. The molecule has 0 heterocycles. The number of esters is 1. The lowest BCUT2D eigenvalue weighted by Crippen LogP contribution is -2.42. The minimum Gasteiger partial charge on any atom is -0.481 e. The molecule has 9 nitrogen and oxygen atoms in total. The SMILES string of the molecule is CCOC(=O)CCS(=O)(=O)N[C@H](CCCC(=O)O)C(=O)O. The lowest BCUT2D eigenvalue weighted by atomic mass is 10.1. The second kappa shape index (κ2) is 9.29. The van der Waals surface area contributed by atoms with Gasteiger partial charge in [-0.25, -0.2) is 13.1 Å². The van der Waals surface area contributed by atoms with E-state index in [1.165, 1.54) is 0 Å². The first-order valence-corrected chi connectivity index (χ1v) is 7.93. The molecule has 0 rings (SSSR count). The number of rotatable bonds is 11. The van der Waals surface area contributed by atoms with E-state index in [0.29, 0.717) is 0 Å². The fourth-order valence-corrected chi connectivity index (χ4v) is 2.62. The minimum absolute atomic E-state index is 0.0205. The molecule has 1 atom stereocenters. The van der Waals surface area contributed by atoms with Crippen LogP contribution in [0.4, 0.5) is 0 Å². The van der Waals surface area contributed by atoms with Gasteiger partial charge in [0.2, 0.25) is 10.0 Å². The molecule has 0 spiro atoms. The molecule has 0 fully saturated rings. The normalized spacial score (nSPS) is 12.6. The maximum Gasteiger partial charge on any atom is 0.321 e. The second-order valence-electron chi connectivity index (χ2n) is 4.17. The molecule has 0 unspecified atom stereocenters. The zero-order valence-corrected chi connectivity index (χ0v) is 12.4. The molecule has 21 heavy (non-hydrogen) atoms. The van der Waals surface area contributed by atoms with Crippen molar-refractivity contribution in [1.82, 2.24) is 4.72 Å². The van der Waals surface area contributed by atoms with E-state index in [1.807, 2.05) is 4.72 Å². The maximum absolute atomic E-state index is 11.7. The summed E-state index contributed by atoms with van der Waals surface area (Å²) in [5.74, 6) is -3.78. The van der Waals surface area contributed by atoms with Crippen LogP contribution < -0.4 is 4.72 Å². The maximum atomic E-state index is 11.7. The Labute approximate surface area is 122 Å². The Morgan fingerprint density at radius 2 is 1.81 bits per heavy atom. The molecule has 0 saturated heterocycles. The van der Waals surface area contributed by atoms with E-state index in [0.717, 1.165) is 0 Å². The molecule has 0 aliphatic rings. The Hall–Kier alpha value is -1.68. The molecule has 3 N–H and O–H groups in total. The average Bonchev–Trinajstić information content (AvgIpc) is 2.35. The number of carbonyl (C=O) groups is 3. The van der Waals surface area contributed by atoms with Crippen LogP contribution in [0, 0.1) is 0 Å². The van der Waals surface area contributed by atoms with Crippen molar-refractivity contribution >= 4 is 27.9 Å². The molecule has 10 heteroatoms. The summed E-state index contributed by atoms with van der Waals surface area (Å²) < 4.78 is 29.8. The van der Waals surface area contributed by atoms with Crippen molar-refractivity contribution in [2.24, 2.45) is 0 Å². The quantitative estimate of drug-likeness (QED) is 0.433. The molecule has 0 aromatic heterocycles. The number of carboxylic acid groups (broad SMARTS) is 2. The van der Waals surface area contributed by atoms with E-state index in [9.17, 15) is 22.8 Å². The standard InChI is InChI=1S/C11H19NO8S/c1-2-20-10(15)6-7-21(18,19)12-8(11(16)17)4-3-5-9(13)14/h8,12H,2-7H2,1H3,(H,13,14)(H,16,17)/t8-/m1/s1. The van der Waals surface area contributed by atoms with Gasteiger partial charge in [0.05, 0.1) is 18.8 Å². The lowest BCUT2D eigenvalue weighted by molar-refractivity contribution is -0.142. The van der Waals surface area contributed by atoms with Gasteiger partial charge in [-0.3, -0.25) is 14.4 Å². The van der Waals surface area contributed by atoms with Crippen LogP contribution in [0.3, 0.4) is 0 Å². The van der Waals surface area contributed by atoms with Gasteiger partial charge in [0.25, 0.3) is 0 Å². The number of nitrogens with one attached hydrogen (secondary N) is 1. The minimum atomic E-state index is -3.97. The van der Waals surface area contributed by atoms with Gasteiger partial charge in [-0.1, -0.05) is 0 Å². The van der Waals surface area contributed by atoms with E-state index in [4.69, 9.17) is 10.2 Å². The van der Waals surface area contributed by atoms with Crippen molar-refractivity contribution < 1.29 is 37.8 Å². The average molecular weight is 325 g/mol. The topological polar surface area (TPSA) is 147 Å². The fourth-order valence-electron chi connectivity index (χ4n) is 1.42. The van der Waals surface area contributed by atoms with E-state index in [-0.39, 0.29) is 32.3 Å². The fraction of sp³-hybridized carbons (Fsp3) is 0.727. The van der Waals surface area contributed by atoms with Crippen LogP contribution in [0.15, 0.2) is 0 Å². The van der Waals surface area contributed by atoms with Gasteiger partial charge in [-0.2, -0.15) is 0 Å². The highest BCUT2D eigenvalue weighted by Crippen LogP contribution is 2.04. The second-order valence-corrected chi connectivity index (χ2v) is 6.04. The van der Waals surface area contributed by atoms with Gasteiger partial charge in [-0.15, -0.1) is 0 Å². The summed E-state index contributed by atoms with van der Waals surface area (Å²) in [5, 5.41) is 17.4. The predicted octanol–water partition coefficient (Wildman–Crippen LogP) is -0.433. The number of ether oxygens (including phenoxy) is 1. The Balaban J connectivity index is 4.43. The lowest BCUT2D eigenvalue weighted by Gasteiger charge is -2.14. The van der Waals surface area contributed by atoms with Gasteiger partial charge in [0, 0.05) is 6.42 Å². The van der Waals surface area contributed by atoms with Crippen molar-refractivity contribution in [2.75, 3.05) is 12.4 Å². The molecule has 122 valence electrons. The monoisotopic (exact) mass is 325 g/mol. The molecule has 0 aliphatic carbocycles. The highest BCUT2D eigenvalue weighted by Gasteiger charge is 2.24. The van der Waals surface area contributed by atoms with E-state index in [1.54, 1.807) is 6.92 Å². The van der Waals surface area contributed by atoms with Gasteiger partial charge < -0.3 is 14.9 Å². The largest absolute Gasteiger partial charge is 0.481 e. The van der Waals surface area contributed by atoms with Crippen molar-refractivity contribution in [3.63, 3.8) is 0 Å². The van der Waals surface area contributed by atoms with Crippen LogP contribution >= 0.6 is 0 Å². The third-order valence-corrected chi connectivity index (χ3v) is 3.77. The zero-order valence-electron chi connectivity index (χ0n) is 11.6. The summed E-state index contributed by atoms with van der Waals surface area (Å²) in [6, 6.07) is -1.42. The molecule has 0 amide bonds. The van der Waals surface area contributed by atoms with Crippen LogP contribution in [-0.2, 0) is 29.1 Å². The molecular weight excluding hydrogens is 306 g/mol. The van der Waals surface area contributed by atoms with Crippen molar-refractivity contribution in [2.45, 2.75) is 38.6 Å². The van der Waals surface area contributed by atoms with Gasteiger partial charge in [0.15, 0.2) is 0 Å². The van der Waals surface area contributed by atoms with Crippen molar-refractivity contribution in [1.29, 1.82) is 0 Å². The molecule has 0 bridgehead atoms. The first-order valence-electron chi connectivity index (χ1n) is 6.28. The van der Waals surface area contributed by atoms with Crippen molar-refractivity contribution in [3.05, 3.63) is 0 Å². The Kier molecular flexibility index (Phi) is 8.55. The number of hydrogen-bond acceptors (Lipinski definition) is 6. The number of aliphatic carboxylic acids is 2. The Morgan fingerprint density at radius 1 is 1.19 bits per heavy atom. The first-order chi connectivity index (χ1) is 9.68. The molecular formula is C11H19NO8S. The highest BCUT2D eigenvalue weighted by atomic mass is 32.2. The number of hydrogen-bond donors (Lipinski definition) is 3. The highest BCUT2D eigenvalue weighted by molar-refractivity contribution is 7.89. The smallest absolute Gasteiger partial charge is 0.321 e. The van der Waals surface area contributed by atoms with Crippen LogP contribution in [-0.4, -0.2) is 54.9 Å². The molecule has 0 saturated carbocycles. The van der Waals surface area contributed by atoms with Crippen LogP contribution in [0.25, 0.3) is 0 Å². The number of carboxylic acids is 2. The van der Waals surface area contributed by atoms with E-state index < -0.39 is 39.7 Å². The summed E-state index contributed by atoms with van der Waals surface area (Å²) in [4.78, 5) is 32.3. The zero-order chi connectivity index (χ0) is 16.5. The molecule has 0 radical (unpaired) electrons.